The minimum atomic E-state index is 0.0769. The van der Waals surface area contributed by atoms with Crippen LogP contribution in [-0.2, 0) is 16.1 Å². The third-order valence-electron chi connectivity index (χ3n) is 5.28. The lowest BCUT2D eigenvalue weighted by Crippen LogP contribution is -2.48. The van der Waals surface area contributed by atoms with Crippen molar-refractivity contribution in [1.29, 1.82) is 0 Å². The Morgan fingerprint density at radius 3 is 2.50 bits per heavy atom. The van der Waals surface area contributed by atoms with Crippen molar-refractivity contribution in [2.24, 2.45) is 0 Å². The zero-order chi connectivity index (χ0) is 18.5. The van der Waals surface area contributed by atoms with Gasteiger partial charge in [0, 0.05) is 44.2 Å². The van der Waals surface area contributed by atoms with E-state index in [1.807, 2.05) is 23.1 Å². The van der Waals surface area contributed by atoms with E-state index in [1.165, 1.54) is 0 Å². The Balaban J connectivity index is 1.52. The number of carbonyl (C=O) groups is 2. The van der Waals surface area contributed by atoms with Crippen LogP contribution in [-0.4, -0.2) is 60.4 Å². The normalized spacial score (nSPS) is 18.0. The number of amides is 2. The van der Waals surface area contributed by atoms with Crippen LogP contribution < -0.4 is 10.1 Å². The van der Waals surface area contributed by atoms with Crippen LogP contribution in [0.3, 0.4) is 0 Å². The van der Waals surface area contributed by atoms with Gasteiger partial charge in [0.25, 0.3) is 0 Å². The molecule has 1 aromatic carbocycles. The number of rotatable bonds is 7. The lowest BCUT2D eigenvalue weighted by Gasteiger charge is -2.32. The Labute approximate surface area is 155 Å². The average molecular weight is 359 g/mol. The molecule has 1 aliphatic heterocycles. The topological polar surface area (TPSA) is 61.9 Å². The molecule has 1 N–H and O–H groups in total. The molecule has 2 fully saturated rings. The molecular weight excluding hydrogens is 330 g/mol. The molecule has 0 spiro atoms. The average Bonchev–Trinajstić information content (AvgIpc) is 3.47. The van der Waals surface area contributed by atoms with Gasteiger partial charge in [0.2, 0.25) is 11.8 Å². The molecule has 0 aromatic heterocycles. The van der Waals surface area contributed by atoms with E-state index in [9.17, 15) is 9.59 Å². The highest BCUT2D eigenvalue weighted by Crippen LogP contribution is 2.30. The van der Waals surface area contributed by atoms with Crippen molar-refractivity contribution in [2.45, 2.75) is 51.2 Å². The number of para-hydroxylation sites is 1. The first-order valence-corrected chi connectivity index (χ1v) is 9.47. The second-order valence-electron chi connectivity index (χ2n) is 7.30. The lowest BCUT2D eigenvalue weighted by atomic mass is 10.0. The van der Waals surface area contributed by atoms with Crippen LogP contribution in [0, 0.1) is 0 Å². The van der Waals surface area contributed by atoms with Crippen molar-refractivity contribution in [3.05, 3.63) is 29.8 Å². The summed E-state index contributed by atoms with van der Waals surface area (Å²) < 4.78 is 5.44. The minimum absolute atomic E-state index is 0.0769. The van der Waals surface area contributed by atoms with Crippen LogP contribution in [0.1, 0.15) is 38.2 Å². The summed E-state index contributed by atoms with van der Waals surface area (Å²) in [5.41, 5.74) is 1.12. The second kappa shape index (κ2) is 8.54. The largest absolute Gasteiger partial charge is 0.496 e. The molecule has 0 atom stereocenters. The first kappa shape index (κ1) is 18.7. The van der Waals surface area contributed by atoms with Gasteiger partial charge in [-0.3, -0.25) is 14.5 Å². The molecule has 2 amide bonds. The van der Waals surface area contributed by atoms with Gasteiger partial charge in [-0.05, 0) is 31.7 Å². The van der Waals surface area contributed by atoms with Gasteiger partial charge in [-0.1, -0.05) is 18.2 Å². The number of likely N-dealkylation sites (tertiary alicyclic amines) is 1. The maximum absolute atomic E-state index is 12.5. The third kappa shape index (κ3) is 4.97. The van der Waals surface area contributed by atoms with Crippen LogP contribution in [0.4, 0.5) is 0 Å². The van der Waals surface area contributed by atoms with Crippen LogP contribution in [0.15, 0.2) is 24.3 Å². The molecule has 1 aliphatic carbocycles. The predicted octanol–water partition coefficient (Wildman–Crippen LogP) is 1.79. The van der Waals surface area contributed by atoms with Crippen LogP contribution in [0.5, 0.6) is 5.75 Å². The number of carbonyl (C=O) groups excluding carboxylic acids is 2. The van der Waals surface area contributed by atoms with Gasteiger partial charge >= 0.3 is 0 Å². The van der Waals surface area contributed by atoms with Crippen molar-refractivity contribution in [3.8, 4) is 5.75 Å². The van der Waals surface area contributed by atoms with Gasteiger partial charge in [0.1, 0.15) is 5.75 Å². The Morgan fingerprint density at radius 1 is 1.19 bits per heavy atom. The highest BCUT2D eigenvalue weighted by atomic mass is 16.5. The Morgan fingerprint density at radius 2 is 1.88 bits per heavy atom. The summed E-state index contributed by atoms with van der Waals surface area (Å²) in [6, 6.07) is 8.65. The maximum Gasteiger partial charge on any atom is 0.234 e. The standard InChI is InChI=1S/C20H29N3O3/c1-15(24)22-11-9-17(10-12-22)21-20(25)14-23(18-7-8-18)13-16-5-3-4-6-19(16)26-2/h3-6,17-18H,7-14H2,1-2H3,(H,21,25). The summed E-state index contributed by atoms with van der Waals surface area (Å²) in [5, 5.41) is 3.16. The van der Waals surface area contributed by atoms with E-state index < -0.39 is 0 Å². The van der Waals surface area contributed by atoms with E-state index in [4.69, 9.17) is 4.74 Å². The van der Waals surface area contributed by atoms with E-state index in [0.717, 1.165) is 56.6 Å². The fourth-order valence-electron chi connectivity index (χ4n) is 3.60. The zero-order valence-corrected chi connectivity index (χ0v) is 15.7. The molecule has 0 bridgehead atoms. The van der Waals surface area contributed by atoms with E-state index in [1.54, 1.807) is 14.0 Å². The second-order valence-corrected chi connectivity index (χ2v) is 7.30. The monoisotopic (exact) mass is 359 g/mol. The minimum Gasteiger partial charge on any atom is -0.496 e. The maximum atomic E-state index is 12.5. The summed E-state index contributed by atoms with van der Waals surface area (Å²) in [4.78, 5) is 28.0. The highest BCUT2D eigenvalue weighted by molar-refractivity contribution is 5.78. The van der Waals surface area contributed by atoms with Gasteiger partial charge in [-0.2, -0.15) is 0 Å². The molecule has 0 unspecified atom stereocenters. The van der Waals surface area contributed by atoms with Crippen molar-refractivity contribution in [1.82, 2.24) is 15.1 Å². The number of hydrogen-bond donors (Lipinski definition) is 1. The zero-order valence-electron chi connectivity index (χ0n) is 15.7. The fourth-order valence-corrected chi connectivity index (χ4v) is 3.60. The molecule has 26 heavy (non-hydrogen) atoms. The van der Waals surface area contributed by atoms with Gasteiger partial charge in [-0.15, -0.1) is 0 Å². The van der Waals surface area contributed by atoms with Crippen molar-refractivity contribution in [3.63, 3.8) is 0 Å². The van der Waals surface area contributed by atoms with Crippen LogP contribution >= 0.6 is 0 Å². The summed E-state index contributed by atoms with van der Waals surface area (Å²) >= 11 is 0. The number of nitrogens with one attached hydrogen (secondary N) is 1. The first-order valence-electron chi connectivity index (χ1n) is 9.47. The predicted molar refractivity (Wildman–Crippen MR) is 99.8 cm³/mol. The van der Waals surface area contributed by atoms with Gasteiger partial charge in [0.15, 0.2) is 0 Å². The number of methoxy groups -OCH3 is 1. The Kier molecular flexibility index (Phi) is 6.14. The van der Waals surface area contributed by atoms with Crippen LogP contribution in [0.2, 0.25) is 0 Å². The Hall–Kier alpha value is -2.08. The molecule has 3 rings (SSSR count). The molecule has 1 aromatic rings. The summed E-state index contributed by atoms with van der Waals surface area (Å²) in [6.07, 6.45) is 3.97. The molecule has 1 heterocycles. The van der Waals surface area contributed by atoms with E-state index >= 15 is 0 Å². The van der Waals surface area contributed by atoms with E-state index in [0.29, 0.717) is 12.6 Å². The number of hydrogen-bond acceptors (Lipinski definition) is 4. The number of nitrogens with zero attached hydrogens (tertiary/aromatic N) is 2. The van der Waals surface area contributed by atoms with Gasteiger partial charge in [-0.25, -0.2) is 0 Å². The van der Waals surface area contributed by atoms with Gasteiger partial charge in [0.05, 0.1) is 13.7 Å². The molecular formula is C20H29N3O3. The smallest absolute Gasteiger partial charge is 0.234 e. The van der Waals surface area contributed by atoms with Gasteiger partial charge < -0.3 is 15.0 Å². The number of ether oxygens (including phenoxy) is 1. The number of benzene rings is 1. The summed E-state index contributed by atoms with van der Waals surface area (Å²) in [5.74, 6) is 1.06. The lowest BCUT2D eigenvalue weighted by molar-refractivity contribution is -0.130. The molecule has 2 aliphatic rings. The number of piperidine rings is 1. The van der Waals surface area contributed by atoms with Crippen molar-refractivity contribution < 1.29 is 14.3 Å². The Bertz CT molecular complexity index is 637. The SMILES string of the molecule is COc1ccccc1CN(CC(=O)NC1CCN(C(C)=O)CC1)C1CC1. The third-order valence-corrected chi connectivity index (χ3v) is 5.28. The van der Waals surface area contributed by atoms with Crippen LogP contribution in [0.25, 0.3) is 0 Å². The molecule has 0 radical (unpaired) electrons. The quantitative estimate of drug-likeness (QED) is 0.806. The first-order chi connectivity index (χ1) is 12.6. The fraction of sp³-hybridized carbons (Fsp3) is 0.600. The summed E-state index contributed by atoms with van der Waals surface area (Å²) in [7, 11) is 1.68. The summed E-state index contributed by atoms with van der Waals surface area (Å²) in [6.45, 7) is 4.20. The van der Waals surface area contributed by atoms with E-state index in [-0.39, 0.29) is 17.9 Å². The highest BCUT2D eigenvalue weighted by Gasteiger charge is 2.31. The van der Waals surface area contributed by atoms with Crippen molar-refractivity contribution >= 4 is 11.8 Å². The molecule has 6 heteroatoms. The molecule has 142 valence electrons. The molecule has 1 saturated heterocycles. The molecule has 6 nitrogen and oxygen atoms in total. The van der Waals surface area contributed by atoms with Crippen molar-refractivity contribution in [2.75, 3.05) is 26.7 Å². The molecule has 1 saturated carbocycles. The van der Waals surface area contributed by atoms with E-state index in [2.05, 4.69) is 16.3 Å².